The number of hydrogen-bond acceptors (Lipinski definition) is 1. The van der Waals surface area contributed by atoms with E-state index in [1.807, 2.05) is 24.4 Å². The van der Waals surface area contributed by atoms with Crippen molar-refractivity contribution >= 4 is 21.9 Å². The van der Waals surface area contributed by atoms with E-state index in [-0.39, 0.29) is 5.82 Å². The van der Waals surface area contributed by atoms with Crippen LogP contribution in [-0.2, 0) is 0 Å². The highest BCUT2D eigenvalue weighted by molar-refractivity contribution is 5.97. The van der Waals surface area contributed by atoms with Gasteiger partial charge in [0.15, 0.2) is 0 Å². The highest BCUT2D eigenvalue weighted by atomic mass is 19.1. The van der Waals surface area contributed by atoms with Crippen LogP contribution in [-0.4, -0.2) is 4.98 Å². The maximum absolute atomic E-state index is 13.2. The van der Waals surface area contributed by atoms with Crippen molar-refractivity contribution in [3.63, 3.8) is 0 Å². The van der Waals surface area contributed by atoms with Crippen molar-refractivity contribution in [3.8, 4) is 11.1 Å². The second-order valence-corrected chi connectivity index (χ2v) is 4.57. The van der Waals surface area contributed by atoms with Crippen molar-refractivity contribution < 1.29 is 8.81 Å². The first kappa shape index (κ1) is 10.4. The number of hydrogen-bond donors (Lipinski definition) is 1. The SMILES string of the molecule is Fc1ccc2c(-c3ccc4occc4c3)c[nH]c2c1. The zero-order valence-electron chi connectivity index (χ0n) is 9.98. The van der Waals surface area contributed by atoms with Crippen LogP contribution in [0, 0.1) is 5.82 Å². The Morgan fingerprint density at radius 2 is 1.95 bits per heavy atom. The van der Waals surface area contributed by atoms with Gasteiger partial charge in [0.1, 0.15) is 11.4 Å². The standard InChI is InChI=1S/C16H10FNO/c17-12-2-3-13-14(9-18-15(13)8-12)10-1-4-16-11(7-10)5-6-19-16/h1-9,18H. The molecule has 0 atom stereocenters. The molecule has 4 rings (SSSR count). The van der Waals surface area contributed by atoms with Crippen molar-refractivity contribution in [2.45, 2.75) is 0 Å². The average Bonchev–Trinajstić information content (AvgIpc) is 3.02. The van der Waals surface area contributed by atoms with Gasteiger partial charge < -0.3 is 9.40 Å². The third-order valence-electron chi connectivity index (χ3n) is 3.41. The molecule has 2 aromatic heterocycles. The molecule has 2 aromatic carbocycles. The summed E-state index contributed by atoms with van der Waals surface area (Å²) in [5.41, 5.74) is 3.83. The highest BCUT2D eigenvalue weighted by Crippen LogP contribution is 2.31. The third kappa shape index (κ3) is 1.55. The van der Waals surface area contributed by atoms with E-state index < -0.39 is 0 Å². The molecule has 0 aliphatic carbocycles. The highest BCUT2D eigenvalue weighted by Gasteiger charge is 2.08. The summed E-state index contributed by atoms with van der Waals surface area (Å²) in [6.45, 7) is 0. The van der Waals surface area contributed by atoms with Gasteiger partial charge in [0.25, 0.3) is 0 Å². The number of H-pyrrole nitrogens is 1. The largest absolute Gasteiger partial charge is 0.464 e. The Hall–Kier alpha value is -2.55. The molecule has 2 nitrogen and oxygen atoms in total. The smallest absolute Gasteiger partial charge is 0.133 e. The Kier molecular flexibility index (Phi) is 2.03. The summed E-state index contributed by atoms with van der Waals surface area (Å²) in [7, 11) is 0. The number of fused-ring (bicyclic) bond motifs is 2. The fourth-order valence-corrected chi connectivity index (χ4v) is 2.47. The van der Waals surface area contributed by atoms with Crippen molar-refractivity contribution in [2.24, 2.45) is 0 Å². The minimum atomic E-state index is -0.230. The molecule has 0 radical (unpaired) electrons. The summed E-state index contributed by atoms with van der Waals surface area (Å²) in [6, 6.07) is 12.8. The van der Waals surface area contributed by atoms with Crippen LogP contribution in [0.25, 0.3) is 33.0 Å². The van der Waals surface area contributed by atoms with Gasteiger partial charge in [-0.15, -0.1) is 0 Å². The van der Waals surface area contributed by atoms with Crippen molar-refractivity contribution in [2.75, 3.05) is 0 Å². The molecule has 19 heavy (non-hydrogen) atoms. The van der Waals surface area contributed by atoms with Crippen LogP contribution in [0.15, 0.2) is 59.3 Å². The molecular formula is C16H10FNO. The summed E-state index contributed by atoms with van der Waals surface area (Å²) in [6.07, 6.45) is 3.59. The van der Waals surface area contributed by atoms with Gasteiger partial charge in [-0.05, 0) is 42.0 Å². The molecule has 0 bridgehead atoms. The Balaban J connectivity index is 1.97. The lowest BCUT2D eigenvalue weighted by atomic mass is 10.0. The van der Waals surface area contributed by atoms with Crippen LogP contribution in [0.4, 0.5) is 4.39 Å². The molecule has 2 heterocycles. The van der Waals surface area contributed by atoms with Crippen LogP contribution in [0.1, 0.15) is 0 Å². The molecule has 92 valence electrons. The minimum absolute atomic E-state index is 0.230. The van der Waals surface area contributed by atoms with Crippen molar-refractivity contribution in [1.29, 1.82) is 0 Å². The predicted molar refractivity (Wildman–Crippen MR) is 73.5 cm³/mol. The topological polar surface area (TPSA) is 28.9 Å². The van der Waals surface area contributed by atoms with E-state index in [2.05, 4.69) is 11.1 Å². The number of rotatable bonds is 1. The Morgan fingerprint density at radius 1 is 1.00 bits per heavy atom. The Morgan fingerprint density at radius 3 is 2.89 bits per heavy atom. The second kappa shape index (κ2) is 3.72. The van der Waals surface area contributed by atoms with Crippen LogP contribution in [0.3, 0.4) is 0 Å². The van der Waals surface area contributed by atoms with Gasteiger partial charge in [-0.1, -0.05) is 6.07 Å². The van der Waals surface area contributed by atoms with E-state index >= 15 is 0 Å². The molecule has 0 spiro atoms. The van der Waals surface area contributed by atoms with Gasteiger partial charge in [0.05, 0.1) is 6.26 Å². The molecule has 4 aromatic rings. The molecule has 1 N–H and O–H groups in total. The molecule has 0 aliphatic heterocycles. The average molecular weight is 251 g/mol. The monoisotopic (exact) mass is 251 g/mol. The molecule has 0 fully saturated rings. The lowest BCUT2D eigenvalue weighted by Crippen LogP contribution is -1.76. The zero-order chi connectivity index (χ0) is 12.8. The number of aromatic amines is 1. The zero-order valence-corrected chi connectivity index (χ0v) is 9.98. The molecule has 0 saturated carbocycles. The first-order valence-electron chi connectivity index (χ1n) is 6.05. The summed E-state index contributed by atoms with van der Waals surface area (Å²) in [5, 5.41) is 2.08. The van der Waals surface area contributed by atoms with E-state index in [0.717, 1.165) is 33.0 Å². The first-order valence-corrected chi connectivity index (χ1v) is 6.05. The van der Waals surface area contributed by atoms with Crippen LogP contribution in [0.2, 0.25) is 0 Å². The fraction of sp³-hybridized carbons (Fsp3) is 0. The molecular weight excluding hydrogens is 241 g/mol. The summed E-state index contributed by atoms with van der Waals surface area (Å²) < 4.78 is 18.5. The van der Waals surface area contributed by atoms with Crippen LogP contribution in [0.5, 0.6) is 0 Å². The number of nitrogens with one attached hydrogen (secondary N) is 1. The number of furan rings is 1. The van der Waals surface area contributed by atoms with Gasteiger partial charge in [-0.25, -0.2) is 4.39 Å². The Bertz CT molecular complexity index is 888. The quantitative estimate of drug-likeness (QED) is 0.521. The summed E-state index contributed by atoms with van der Waals surface area (Å²) in [4.78, 5) is 3.11. The molecule has 0 aliphatic rings. The van der Waals surface area contributed by atoms with Gasteiger partial charge in [-0.2, -0.15) is 0 Å². The minimum Gasteiger partial charge on any atom is -0.464 e. The van der Waals surface area contributed by atoms with Gasteiger partial charge >= 0.3 is 0 Å². The van der Waals surface area contributed by atoms with E-state index in [1.165, 1.54) is 12.1 Å². The maximum atomic E-state index is 13.2. The molecule has 3 heteroatoms. The summed E-state index contributed by atoms with van der Waals surface area (Å²) in [5.74, 6) is -0.230. The van der Waals surface area contributed by atoms with Crippen LogP contribution < -0.4 is 0 Å². The molecule has 0 amide bonds. The molecule has 0 saturated heterocycles. The van der Waals surface area contributed by atoms with E-state index in [9.17, 15) is 4.39 Å². The van der Waals surface area contributed by atoms with Gasteiger partial charge in [0, 0.05) is 28.0 Å². The number of aromatic nitrogens is 1. The van der Waals surface area contributed by atoms with E-state index in [4.69, 9.17) is 4.42 Å². The van der Waals surface area contributed by atoms with Crippen molar-refractivity contribution in [1.82, 2.24) is 4.98 Å². The normalized spacial score (nSPS) is 11.4. The Labute approximate surface area is 108 Å². The lowest BCUT2D eigenvalue weighted by molar-refractivity contribution is 0.616. The van der Waals surface area contributed by atoms with Crippen LogP contribution >= 0.6 is 0 Å². The molecule has 0 unspecified atom stereocenters. The van der Waals surface area contributed by atoms with Gasteiger partial charge in [-0.3, -0.25) is 0 Å². The predicted octanol–water partition coefficient (Wildman–Crippen LogP) is 4.72. The third-order valence-corrected chi connectivity index (χ3v) is 3.41. The fourth-order valence-electron chi connectivity index (χ4n) is 2.47. The lowest BCUT2D eigenvalue weighted by Gasteiger charge is -2.00. The van der Waals surface area contributed by atoms with E-state index in [1.54, 1.807) is 12.3 Å². The summed E-state index contributed by atoms with van der Waals surface area (Å²) >= 11 is 0. The first-order chi connectivity index (χ1) is 9.31. The van der Waals surface area contributed by atoms with Crippen molar-refractivity contribution in [3.05, 3.63) is 60.7 Å². The maximum Gasteiger partial charge on any atom is 0.133 e. The number of benzene rings is 2. The van der Waals surface area contributed by atoms with E-state index in [0.29, 0.717) is 0 Å². The van der Waals surface area contributed by atoms with Gasteiger partial charge in [0.2, 0.25) is 0 Å². The second-order valence-electron chi connectivity index (χ2n) is 4.57. The number of halogens is 1.